The molecule has 1 aromatic carbocycles. The summed E-state index contributed by atoms with van der Waals surface area (Å²) >= 11 is 1.46. The van der Waals surface area contributed by atoms with Crippen LogP contribution in [0.15, 0.2) is 29.2 Å². The first kappa shape index (κ1) is 15.8. The van der Waals surface area contributed by atoms with Gasteiger partial charge in [-0.15, -0.1) is 11.8 Å². The fourth-order valence-electron chi connectivity index (χ4n) is 2.34. The Kier molecular flexibility index (Phi) is 4.88. The van der Waals surface area contributed by atoms with E-state index in [1.165, 1.54) is 16.7 Å². The fourth-order valence-corrected chi connectivity index (χ4v) is 3.21. The third-order valence-electron chi connectivity index (χ3n) is 3.30. The molecule has 2 amide bonds. The van der Waals surface area contributed by atoms with Gasteiger partial charge in [-0.1, -0.05) is 50.6 Å². The second-order valence-electron chi connectivity index (χ2n) is 5.62. The number of hydrogen-bond acceptors (Lipinski definition) is 3. The third kappa shape index (κ3) is 3.21. The van der Waals surface area contributed by atoms with Crippen LogP contribution in [0.2, 0.25) is 0 Å². The number of benzene rings is 1. The van der Waals surface area contributed by atoms with Crippen molar-refractivity contribution >= 4 is 29.1 Å². The first-order valence-corrected chi connectivity index (χ1v) is 8.24. The summed E-state index contributed by atoms with van der Waals surface area (Å²) in [6.07, 6.45) is 0. The number of aryl methyl sites for hydroxylation is 1. The van der Waals surface area contributed by atoms with Crippen molar-refractivity contribution in [3.8, 4) is 0 Å². The van der Waals surface area contributed by atoms with E-state index in [1.807, 2.05) is 52.0 Å². The first-order chi connectivity index (χ1) is 9.95. The molecule has 0 aliphatic carbocycles. The summed E-state index contributed by atoms with van der Waals surface area (Å²) in [7, 11) is 0. The fraction of sp³-hybridized carbons (Fsp3) is 0.412. The molecular formula is C17H21NO2S. The Morgan fingerprint density at radius 2 is 1.71 bits per heavy atom. The van der Waals surface area contributed by atoms with Gasteiger partial charge >= 0.3 is 0 Å². The van der Waals surface area contributed by atoms with E-state index in [0.717, 1.165) is 16.9 Å². The standard InChI is InChI=1S/C17H21NO2S/c1-5-21-15-14(13-8-6-12(4)7-9-13)16(19)18(17(15)20)10-11(2)3/h6-9,11H,5,10H2,1-4H3. The van der Waals surface area contributed by atoms with E-state index in [1.54, 1.807) is 0 Å². The van der Waals surface area contributed by atoms with Gasteiger partial charge in [0.05, 0.1) is 10.5 Å². The second kappa shape index (κ2) is 6.48. The number of carbonyl (C=O) groups is 2. The molecule has 0 saturated carbocycles. The van der Waals surface area contributed by atoms with Gasteiger partial charge in [0, 0.05) is 6.54 Å². The SMILES string of the molecule is CCSC1=C(c2ccc(C)cc2)C(=O)N(CC(C)C)C1=O. The molecule has 4 heteroatoms. The maximum absolute atomic E-state index is 12.7. The van der Waals surface area contributed by atoms with Crippen molar-refractivity contribution in [2.75, 3.05) is 12.3 Å². The molecular weight excluding hydrogens is 282 g/mol. The number of amides is 2. The Hall–Kier alpha value is -1.55. The van der Waals surface area contributed by atoms with Crippen molar-refractivity contribution in [2.45, 2.75) is 27.7 Å². The molecule has 1 aromatic rings. The van der Waals surface area contributed by atoms with Gasteiger partial charge in [0.15, 0.2) is 0 Å². The van der Waals surface area contributed by atoms with Gasteiger partial charge in [0.2, 0.25) is 0 Å². The van der Waals surface area contributed by atoms with Crippen molar-refractivity contribution in [3.63, 3.8) is 0 Å². The summed E-state index contributed by atoms with van der Waals surface area (Å²) in [5.41, 5.74) is 2.54. The Balaban J connectivity index is 2.44. The molecule has 0 spiro atoms. The van der Waals surface area contributed by atoms with Crippen molar-refractivity contribution in [1.29, 1.82) is 0 Å². The van der Waals surface area contributed by atoms with Crippen LogP contribution in [0.25, 0.3) is 5.57 Å². The quantitative estimate of drug-likeness (QED) is 0.782. The lowest BCUT2D eigenvalue weighted by Gasteiger charge is -2.17. The predicted molar refractivity (Wildman–Crippen MR) is 87.8 cm³/mol. The maximum Gasteiger partial charge on any atom is 0.267 e. The highest BCUT2D eigenvalue weighted by molar-refractivity contribution is 8.04. The summed E-state index contributed by atoms with van der Waals surface area (Å²) in [5, 5.41) is 0. The molecule has 1 aliphatic rings. The predicted octanol–water partition coefficient (Wildman–Crippen LogP) is 3.48. The average molecular weight is 303 g/mol. The van der Waals surface area contributed by atoms with E-state index in [9.17, 15) is 9.59 Å². The molecule has 0 radical (unpaired) electrons. The van der Waals surface area contributed by atoms with Crippen molar-refractivity contribution < 1.29 is 9.59 Å². The van der Waals surface area contributed by atoms with E-state index in [-0.39, 0.29) is 17.7 Å². The van der Waals surface area contributed by atoms with Crippen LogP contribution in [0.1, 0.15) is 31.9 Å². The summed E-state index contributed by atoms with van der Waals surface area (Å²) in [4.78, 5) is 27.2. The molecule has 112 valence electrons. The van der Waals surface area contributed by atoms with Gasteiger partial charge in [-0.05, 0) is 24.2 Å². The minimum absolute atomic E-state index is 0.142. The average Bonchev–Trinajstić information content (AvgIpc) is 2.65. The van der Waals surface area contributed by atoms with Gasteiger partial charge in [0.1, 0.15) is 0 Å². The number of imide groups is 1. The molecule has 0 saturated heterocycles. The van der Waals surface area contributed by atoms with Gasteiger partial charge in [-0.25, -0.2) is 0 Å². The minimum Gasteiger partial charge on any atom is -0.274 e. The number of hydrogen-bond donors (Lipinski definition) is 0. The van der Waals surface area contributed by atoms with Crippen LogP contribution in [0, 0.1) is 12.8 Å². The van der Waals surface area contributed by atoms with Crippen LogP contribution < -0.4 is 0 Å². The lowest BCUT2D eigenvalue weighted by atomic mass is 10.0. The molecule has 0 aromatic heterocycles. The highest BCUT2D eigenvalue weighted by atomic mass is 32.2. The van der Waals surface area contributed by atoms with Crippen LogP contribution >= 0.6 is 11.8 Å². The number of rotatable bonds is 5. The van der Waals surface area contributed by atoms with Crippen LogP contribution in [-0.4, -0.2) is 29.0 Å². The molecule has 21 heavy (non-hydrogen) atoms. The Morgan fingerprint density at radius 3 is 2.24 bits per heavy atom. The maximum atomic E-state index is 12.7. The molecule has 0 unspecified atom stereocenters. The van der Waals surface area contributed by atoms with E-state index in [4.69, 9.17) is 0 Å². The van der Waals surface area contributed by atoms with Crippen LogP contribution in [-0.2, 0) is 9.59 Å². The molecule has 2 rings (SSSR count). The van der Waals surface area contributed by atoms with Gasteiger partial charge in [-0.3, -0.25) is 14.5 Å². The Bertz CT molecular complexity index is 587. The molecule has 1 aliphatic heterocycles. The lowest BCUT2D eigenvalue weighted by molar-refractivity contribution is -0.137. The monoisotopic (exact) mass is 303 g/mol. The smallest absolute Gasteiger partial charge is 0.267 e. The highest BCUT2D eigenvalue weighted by Crippen LogP contribution is 2.36. The zero-order valence-electron chi connectivity index (χ0n) is 13.0. The lowest BCUT2D eigenvalue weighted by Crippen LogP contribution is -2.34. The summed E-state index contributed by atoms with van der Waals surface area (Å²) < 4.78 is 0. The normalized spacial score (nSPS) is 15.6. The van der Waals surface area contributed by atoms with Gasteiger partial charge in [-0.2, -0.15) is 0 Å². The van der Waals surface area contributed by atoms with Crippen LogP contribution in [0.5, 0.6) is 0 Å². The zero-order valence-corrected chi connectivity index (χ0v) is 13.8. The summed E-state index contributed by atoms with van der Waals surface area (Å²) in [5.74, 6) is 0.743. The van der Waals surface area contributed by atoms with Crippen molar-refractivity contribution in [1.82, 2.24) is 4.90 Å². The number of nitrogens with zero attached hydrogens (tertiary/aromatic N) is 1. The van der Waals surface area contributed by atoms with E-state index in [0.29, 0.717) is 17.0 Å². The molecule has 0 fully saturated rings. The molecule has 1 heterocycles. The Morgan fingerprint density at radius 1 is 1.10 bits per heavy atom. The van der Waals surface area contributed by atoms with E-state index in [2.05, 4.69) is 0 Å². The molecule has 0 bridgehead atoms. The molecule has 3 nitrogen and oxygen atoms in total. The van der Waals surface area contributed by atoms with Gasteiger partial charge in [0.25, 0.3) is 11.8 Å². The summed E-state index contributed by atoms with van der Waals surface area (Å²) in [6.45, 7) is 8.49. The van der Waals surface area contributed by atoms with E-state index >= 15 is 0 Å². The Labute approximate surface area is 130 Å². The largest absolute Gasteiger partial charge is 0.274 e. The van der Waals surface area contributed by atoms with Crippen LogP contribution in [0.3, 0.4) is 0 Å². The minimum atomic E-state index is -0.159. The zero-order chi connectivity index (χ0) is 15.6. The highest BCUT2D eigenvalue weighted by Gasteiger charge is 2.38. The van der Waals surface area contributed by atoms with Crippen LogP contribution in [0.4, 0.5) is 0 Å². The van der Waals surface area contributed by atoms with Crippen molar-refractivity contribution in [3.05, 3.63) is 40.3 Å². The second-order valence-corrected chi connectivity index (χ2v) is 6.89. The topological polar surface area (TPSA) is 37.4 Å². The van der Waals surface area contributed by atoms with Crippen molar-refractivity contribution in [2.24, 2.45) is 5.92 Å². The summed E-state index contributed by atoms with van der Waals surface area (Å²) in [6, 6.07) is 7.79. The molecule has 0 atom stereocenters. The number of thioether (sulfide) groups is 1. The first-order valence-electron chi connectivity index (χ1n) is 7.26. The van der Waals surface area contributed by atoms with Gasteiger partial charge < -0.3 is 0 Å². The molecule has 0 N–H and O–H groups in total. The number of carbonyl (C=O) groups excluding carboxylic acids is 2. The van der Waals surface area contributed by atoms with E-state index < -0.39 is 0 Å². The third-order valence-corrected chi connectivity index (χ3v) is 4.26.